The molecule has 0 aliphatic heterocycles. The first-order valence-corrected chi connectivity index (χ1v) is 6.79. The van der Waals surface area contributed by atoms with E-state index >= 15 is 0 Å². The second kappa shape index (κ2) is 5.72. The zero-order chi connectivity index (χ0) is 13.9. The summed E-state index contributed by atoms with van der Waals surface area (Å²) in [6, 6.07) is -0.326. The quantitative estimate of drug-likeness (QED) is 0.810. The minimum absolute atomic E-state index is 0.00898. The van der Waals surface area contributed by atoms with E-state index in [0.717, 1.165) is 19.3 Å². The SMILES string of the molecule is CC(NC(=O)C1CCCCC1(C)C)C(C)C(=O)O. The first kappa shape index (κ1) is 15.0. The van der Waals surface area contributed by atoms with Crippen LogP contribution in [0.1, 0.15) is 53.4 Å². The molecule has 1 saturated carbocycles. The summed E-state index contributed by atoms with van der Waals surface area (Å²) in [7, 11) is 0. The van der Waals surface area contributed by atoms with Gasteiger partial charge in [0, 0.05) is 12.0 Å². The highest BCUT2D eigenvalue weighted by atomic mass is 16.4. The molecule has 1 rings (SSSR count). The van der Waals surface area contributed by atoms with Gasteiger partial charge in [-0.2, -0.15) is 0 Å². The van der Waals surface area contributed by atoms with Crippen LogP contribution in [0, 0.1) is 17.3 Å². The van der Waals surface area contributed by atoms with Gasteiger partial charge in [-0.15, -0.1) is 0 Å². The molecular weight excluding hydrogens is 230 g/mol. The Labute approximate surface area is 109 Å². The van der Waals surface area contributed by atoms with E-state index in [2.05, 4.69) is 19.2 Å². The zero-order valence-electron chi connectivity index (χ0n) is 11.8. The Morgan fingerprint density at radius 2 is 1.89 bits per heavy atom. The summed E-state index contributed by atoms with van der Waals surface area (Å²) in [6.07, 6.45) is 4.24. The summed E-state index contributed by atoms with van der Waals surface area (Å²) in [4.78, 5) is 23.1. The van der Waals surface area contributed by atoms with Gasteiger partial charge in [-0.3, -0.25) is 9.59 Å². The Morgan fingerprint density at radius 1 is 1.28 bits per heavy atom. The average molecular weight is 255 g/mol. The number of hydrogen-bond donors (Lipinski definition) is 2. The van der Waals surface area contributed by atoms with Gasteiger partial charge >= 0.3 is 5.97 Å². The van der Waals surface area contributed by atoms with Crippen molar-refractivity contribution in [2.75, 3.05) is 0 Å². The molecule has 104 valence electrons. The van der Waals surface area contributed by atoms with Crippen molar-refractivity contribution in [2.24, 2.45) is 17.3 Å². The number of carbonyl (C=O) groups excluding carboxylic acids is 1. The molecule has 0 spiro atoms. The molecule has 0 heterocycles. The highest BCUT2D eigenvalue weighted by Crippen LogP contribution is 2.40. The number of amides is 1. The van der Waals surface area contributed by atoms with E-state index < -0.39 is 11.9 Å². The molecule has 0 bridgehead atoms. The van der Waals surface area contributed by atoms with E-state index in [1.165, 1.54) is 6.42 Å². The number of rotatable bonds is 4. The number of aliphatic carboxylic acids is 1. The van der Waals surface area contributed by atoms with Gasteiger partial charge in [-0.25, -0.2) is 0 Å². The largest absolute Gasteiger partial charge is 0.481 e. The molecule has 1 aliphatic rings. The van der Waals surface area contributed by atoms with Crippen LogP contribution in [0.15, 0.2) is 0 Å². The van der Waals surface area contributed by atoms with Crippen LogP contribution in [-0.4, -0.2) is 23.0 Å². The smallest absolute Gasteiger partial charge is 0.308 e. The maximum atomic E-state index is 12.2. The minimum atomic E-state index is -0.870. The van der Waals surface area contributed by atoms with Gasteiger partial charge in [0.1, 0.15) is 0 Å². The molecule has 3 unspecified atom stereocenters. The third-order valence-corrected chi connectivity index (χ3v) is 4.33. The van der Waals surface area contributed by atoms with Crippen molar-refractivity contribution in [1.29, 1.82) is 0 Å². The fourth-order valence-electron chi connectivity index (χ4n) is 2.64. The fourth-order valence-corrected chi connectivity index (χ4v) is 2.64. The van der Waals surface area contributed by atoms with Gasteiger partial charge in [-0.05, 0) is 32.1 Å². The number of carbonyl (C=O) groups is 2. The fraction of sp³-hybridized carbons (Fsp3) is 0.857. The Morgan fingerprint density at radius 3 is 2.39 bits per heavy atom. The Bertz CT molecular complexity index is 325. The van der Waals surface area contributed by atoms with Crippen molar-refractivity contribution >= 4 is 11.9 Å². The highest BCUT2D eigenvalue weighted by Gasteiger charge is 2.38. The van der Waals surface area contributed by atoms with E-state index in [4.69, 9.17) is 5.11 Å². The van der Waals surface area contributed by atoms with Crippen LogP contribution in [-0.2, 0) is 9.59 Å². The van der Waals surface area contributed by atoms with E-state index in [1.807, 2.05) is 0 Å². The van der Waals surface area contributed by atoms with Gasteiger partial charge < -0.3 is 10.4 Å². The Balaban J connectivity index is 2.62. The van der Waals surface area contributed by atoms with Crippen molar-refractivity contribution in [3.05, 3.63) is 0 Å². The molecule has 4 nitrogen and oxygen atoms in total. The summed E-state index contributed by atoms with van der Waals surface area (Å²) in [5.74, 6) is -1.40. The molecule has 18 heavy (non-hydrogen) atoms. The van der Waals surface area contributed by atoms with Crippen LogP contribution in [0.3, 0.4) is 0 Å². The molecule has 0 saturated heterocycles. The van der Waals surface area contributed by atoms with Crippen LogP contribution in [0.2, 0.25) is 0 Å². The summed E-state index contributed by atoms with van der Waals surface area (Å²) in [5.41, 5.74) is 0.0223. The molecule has 3 atom stereocenters. The lowest BCUT2D eigenvalue weighted by Crippen LogP contribution is -2.47. The van der Waals surface area contributed by atoms with Gasteiger partial charge in [-0.1, -0.05) is 26.7 Å². The lowest BCUT2D eigenvalue weighted by atomic mass is 9.68. The van der Waals surface area contributed by atoms with E-state index in [0.29, 0.717) is 0 Å². The van der Waals surface area contributed by atoms with Crippen molar-refractivity contribution in [3.8, 4) is 0 Å². The molecule has 4 heteroatoms. The van der Waals surface area contributed by atoms with Crippen molar-refractivity contribution < 1.29 is 14.7 Å². The second-order valence-corrected chi connectivity index (χ2v) is 6.21. The molecule has 1 fully saturated rings. The first-order chi connectivity index (χ1) is 8.25. The Hall–Kier alpha value is -1.06. The summed E-state index contributed by atoms with van der Waals surface area (Å²) >= 11 is 0. The normalized spacial score (nSPS) is 26.1. The standard InChI is InChI=1S/C14H25NO3/c1-9(13(17)18)10(2)15-12(16)11-7-5-6-8-14(11,3)4/h9-11H,5-8H2,1-4H3,(H,15,16)(H,17,18). The maximum Gasteiger partial charge on any atom is 0.308 e. The average Bonchev–Trinajstić information content (AvgIpc) is 2.26. The molecular formula is C14H25NO3. The van der Waals surface area contributed by atoms with E-state index in [9.17, 15) is 9.59 Å². The third-order valence-electron chi connectivity index (χ3n) is 4.33. The number of nitrogens with one attached hydrogen (secondary N) is 1. The summed E-state index contributed by atoms with van der Waals surface area (Å²) in [6.45, 7) is 7.63. The van der Waals surface area contributed by atoms with Gasteiger partial charge in [0.05, 0.1) is 5.92 Å². The molecule has 0 aromatic rings. The minimum Gasteiger partial charge on any atom is -0.481 e. The maximum absolute atomic E-state index is 12.2. The van der Waals surface area contributed by atoms with Crippen molar-refractivity contribution in [2.45, 2.75) is 59.4 Å². The van der Waals surface area contributed by atoms with Crippen molar-refractivity contribution in [3.63, 3.8) is 0 Å². The molecule has 1 aliphatic carbocycles. The number of hydrogen-bond acceptors (Lipinski definition) is 2. The predicted octanol–water partition coefficient (Wildman–Crippen LogP) is 2.43. The van der Waals surface area contributed by atoms with E-state index in [1.54, 1.807) is 13.8 Å². The number of carboxylic acid groups (broad SMARTS) is 1. The van der Waals surface area contributed by atoms with Gasteiger partial charge in [0.2, 0.25) is 5.91 Å². The predicted molar refractivity (Wildman–Crippen MR) is 70.1 cm³/mol. The summed E-state index contributed by atoms with van der Waals surface area (Å²) in [5, 5.41) is 11.8. The van der Waals surface area contributed by atoms with Gasteiger partial charge in [0.25, 0.3) is 0 Å². The topological polar surface area (TPSA) is 66.4 Å². The molecule has 0 aromatic carbocycles. The van der Waals surface area contributed by atoms with Crippen LogP contribution in [0.25, 0.3) is 0 Å². The second-order valence-electron chi connectivity index (χ2n) is 6.21. The number of carboxylic acids is 1. The lowest BCUT2D eigenvalue weighted by molar-refractivity contribution is -0.142. The van der Waals surface area contributed by atoms with E-state index in [-0.39, 0.29) is 23.3 Å². The van der Waals surface area contributed by atoms with Crippen LogP contribution in [0.4, 0.5) is 0 Å². The molecule has 0 aromatic heterocycles. The molecule has 0 radical (unpaired) electrons. The molecule has 1 amide bonds. The Kier molecular flexibility index (Phi) is 4.77. The van der Waals surface area contributed by atoms with Crippen LogP contribution < -0.4 is 5.32 Å². The van der Waals surface area contributed by atoms with Crippen LogP contribution >= 0.6 is 0 Å². The first-order valence-electron chi connectivity index (χ1n) is 6.79. The molecule has 2 N–H and O–H groups in total. The van der Waals surface area contributed by atoms with Crippen LogP contribution in [0.5, 0.6) is 0 Å². The highest BCUT2D eigenvalue weighted by molar-refractivity contribution is 5.81. The van der Waals surface area contributed by atoms with Crippen molar-refractivity contribution in [1.82, 2.24) is 5.32 Å². The third kappa shape index (κ3) is 3.47. The monoisotopic (exact) mass is 255 g/mol. The summed E-state index contributed by atoms with van der Waals surface area (Å²) < 4.78 is 0. The van der Waals surface area contributed by atoms with Gasteiger partial charge in [0.15, 0.2) is 0 Å². The zero-order valence-corrected chi connectivity index (χ0v) is 11.8. The lowest BCUT2D eigenvalue weighted by Gasteiger charge is -2.38.